The Morgan fingerprint density at radius 3 is 2.41 bits per heavy atom. The number of rotatable bonds is 11. The van der Waals surface area contributed by atoms with Gasteiger partial charge < -0.3 is 19.3 Å². The van der Waals surface area contributed by atoms with Crippen molar-refractivity contribution in [2.75, 3.05) is 58.3 Å². The summed E-state index contributed by atoms with van der Waals surface area (Å²) < 4.78 is 12.9. The molecule has 0 N–H and O–H groups in total. The summed E-state index contributed by atoms with van der Waals surface area (Å²) in [6.07, 6.45) is 3.58. The summed E-state index contributed by atoms with van der Waals surface area (Å²) in [5.41, 5.74) is 2.09. The Balaban J connectivity index is 1.24. The van der Waals surface area contributed by atoms with Gasteiger partial charge in [0.25, 0.3) is 0 Å². The van der Waals surface area contributed by atoms with Gasteiger partial charge in [-0.15, -0.1) is 11.3 Å². The summed E-state index contributed by atoms with van der Waals surface area (Å²) in [5, 5.41) is 2.12. The van der Waals surface area contributed by atoms with Gasteiger partial charge in [0.15, 0.2) is 11.5 Å². The highest BCUT2D eigenvalue weighted by atomic mass is 79.9. The third kappa shape index (κ3) is 6.22. The second-order valence-corrected chi connectivity index (χ2v) is 9.96. The van der Waals surface area contributed by atoms with Gasteiger partial charge >= 0.3 is 0 Å². The average Bonchev–Trinajstić information content (AvgIpc) is 3.27. The lowest BCUT2D eigenvalue weighted by molar-refractivity contribution is 0.125. The molecule has 0 spiro atoms. The van der Waals surface area contributed by atoms with Gasteiger partial charge in [-0.3, -0.25) is 0 Å². The Morgan fingerprint density at radius 1 is 0.938 bits per heavy atom. The Labute approximate surface area is 203 Å². The fourth-order valence-electron chi connectivity index (χ4n) is 4.05. The number of aromatic nitrogens is 1. The van der Waals surface area contributed by atoms with Crippen molar-refractivity contribution in [1.82, 2.24) is 14.8 Å². The van der Waals surface area contributed by atoms with Gasteiger partial charge in [0.1, 0.15) is 5.01 Å². The molecule has 0 bridgehead atoms. The van der Waals surface area contributed by atoms with Crippen molar-refractivity contribution in [2.45, 2.75) is 19.3 Å². The molecule has 5 nitrogen and oxygen atoms in total. The van der Waals surface area contributed by atoms with Gasteiger partial charge in [0, 0.05) is 43.6 Å². The molecule has 0 atom stereocenters. The molecule has 1 fully saturated rings. The molecule has 0 unspecified atom stereocenters. The van der Waals surface area contributed by atoms with Gasteiger partial charge in [-0.05, 0) is 56.1 Å². The summed E-state index contributed by atoms with van der Waals surface area (Å²) in [5.74, 6) is 1.56. The molecule has 0 aliphatic carbocycles. The van der Waals surface area contributed by atoms with Crippen LogP contribution >= 0.6 is 27.3 Å². The molecular formula is C25H32BrN3O2S. The van der Waals surface area contributed by atoms with E-state index >= 15 is 0 Å². The van der Waals surface area contributed by atoms with Crippen molar-refractivity contribution in [1.29, 1.82) is 0 Å². The van der Waals surface area contributed by atoms with Crippen molar-refractivity contribution in [3.05, 3.63) is 42.5 Å². The lowest BCUT2D eigenvalue weighted by Crippen LogP contribution is -2.46. The number of fused-ring (bicyclic) bond motifs is 1. The first-order valence-corrected chi connectivity index (χ1v) is 13.4. The normalized spacial score (nSPS) is 15.3. The number of nitrogens with zero attached hydrogens (tertiary/aromatic N) is 3. The lowest BCUT2D eigenvalue weighted by atomic mass is 10.2. The van der Waals surface area contributed by atoms with Crippen LogP contribution in [0, 0.1) is 0 Å². The maximum Gasteiger partial charge on any atom is 0.161 e. The Morgan fingerprint density at radius 2 is 1.69 bits per heavy atom. The standard InChI is InChI=1S/C25H32BrN3O2S/c1-30-23-19-20(25-27-21-7-2-3-8-24(21)32-25)9-10-22(23)31-18-6-13-29-16-14-28(15-17-29)12-5-4-11-26/h2-3,7-10,19H,4-6,11-18H2,1H3. The first kappa shape index (κ1) is 23.5. The highest BCUT2D eigenvalue weighted by Gasteiger charge is 2.16. The third-order valence-electron chi connectivity index (χ3n) is 5.90. The van der Waals surface area contributed by atoms with E-state index in [0.717, 1.165) is 59.0 Å². The number of methoxy groups -OCH3 is 1. The monoisotopic (exact) mass is 517 g/mol. The van der Waals surface area contributed by atoms with Crippen LogP contribution in [0.15, 0.2) is 42.5 Å². The number of thiazole rings is 1. The Hall–Kier alpha value is -1.67. The predicted octanol–water partition coefficient (Wildman–Crippen LogP) is 5.53. The van der Waals surface area contributed by atoms with Crippen LogP contribution in [0.1, 0.15) is 19.3 Å². The van der Waals surface area contributed by atoms with Crippen LogP contribution in [0.3, 0.4) is 0 Å². The van der Waals surface area contributed by atoms with E-state index in [0.29, 0.717) is 6.61 Å². The maximum absolute atomic E-state index is 6.07. The van der Waals surface area contributed by atoms with Gasteiger partial charge in [0.2, 0.25) is 0 Å². The topological polar surface area (TPSA) is 37.8 Å². The molecule has 32 heavy (non-hydrogen) atoms. The SMILES string of the molecule is COc1cc(-c2nc3ccccc3s2)ccc1OCCCN1CCN(CCCCBr)CC1. The molecule has 1 aliphatic heterocycles. The first-order chi connectivity index (χ1) is 15.8. The zero-order valence-electron chi connectivity index (χ0n) is 18.8. The largest absolute Gasteiger partial charge is 0.493 e. The number of hydrogen-bond donors (Lipinski definition) is 0. The van der Waals surface area contributed by atoms with E-state index in [9.17, 15) is 0 Å². The highest BCUT2D eigenvalue weighted by Crippen LogP contribution is 2.36. The van der Waals surface area contributed by atoms with Gasteiger partial charge in [-0.2, -0.15) is 0 Å². The van der Waals surface area contributed by atoms with Crippen LogP contribution in [0.25, 0.3) is 20.8 Å². The minimum Gasteiger partial charge on any atom is -0.493 e. The minimum absolute atomic E-state index is 0.697. The van der Waals surface area contributed by atoms with E-state index in [1.165, 1.54) is 37.2 Å². The zero-order chi connectivity index (χ0) is 22.2. The van der Waals surface area contributed by atoms with Crippen LogP contribution < -0.4 is 9.47 Å². The zero-order valence-corrected chi connectivity index (χ0v) is 21.2. The van der Waals surface area contributed by atoms with Crippen LogP contribution in [0.5, 0.6) is 11.5 Å². The van der Waals surface area contributed by atoms with Gasteiger partial charge in [-0.25, -0.2) is 4.98 Å². The Kier molecular flexibility index (Phi) is 8.79. The van der Waals surface area contributed by atoms with Gasteiger partial charge in [0.05, 0.1) is 23.9 Å². The smallest absolute Gasteiger partial charge is 0.161 e. The average molecular weight is 519 g/mol. The van der Waals surface area contributed by atoms with Gasteiger partial charge in [-0.1, -0.05) is 28.1 Å². The molecule has 3 aromatic rings. The van der Waals surface area contributed by atoms with Crippen LogP contribution in [-0.4, -0.2) is 73.1 Å². The number of alkyl halides is 1. The van der Waals surface area contributed by atoms with Crippen molar-refractivity contribution >= 4 is 37.5 Å². The number of halogens is 1. The summed E-state index contributed by atoms with van der Waals surface area (Å²) >= 11 is 5.22. The molecule has 1 aromatic heterocycles. The van der Waals surface area contributed by atoms with Crippen molar-refractivity contribution in [3.63, 3.8) is 0 Å². The maximum atomic E-state index is 6.07. The lowest BCUT2D eigenvalue weighted by Gasteiger charge is -2.34. The number of ether oxygens (including phenoxy) is 2. The van der Waals surface area contributed by atoms with Crippen LogP contribution in [0.4, 0.5) is 0 Å². The van der Waals surface area contributed by atoms with Crippen LogP contribution in [-0.2, 0) is 0 Å². The van der Waals surface area contributed by atoms with E-state index in [1.807, 2.05) is 24.3 Å². The van der Waals surface area contributed by atoms with Crippen molar-refractivity contribution in [2.24, 2.45) is 0 Å². The molecule has 0 amide bonds. The molecule has 4 rings (SSSR count). The summed E-state index contributed by atoms with van der Waals surface area (Å²) in [4.78, 5) is 9.90. The van der Waals surface area contributed by atoms with Crippen LogP contribution in [0.2, 0.25) is 0 Å². The number of para-hydroxylation sites is 1. The summed E-state index contributed by atoms with van der Waals surface area (Å²) in [6, 6.07) is 14.3. The van der Waals surface area contributed by atoms with E-state index in [-0.39, 0.29) is 0 Å². The Bertz CT molecular complexity index is 955. The molecule has 0 radical (unpaired) electrons. The third-order valence-corrected chi connectivity index (χ3v) is 7.55. The second kappa shape index (κ2) is 12.0. The fourth-order valence-corrected chi connectivity index (χ4v) is 5.41. The second-order valence-electron chi connectivity index (χ2n) is 8.13. The van der Waals surface area contributed by atoms with Crippen molar-refractivity contribution in [3.8, 4) is 22.1 Å². The fraction of sp³-hybridized carbons (Fsp3) is 0.480. The predicted molar refractivity (Wildman–Crippen MR) is 138 cm³/mol. The molecule has 172 valence electrons. The van der Waals surface area contributed by atoms with E-state index in [2.05, 4.69) is 43.9 Å². The van der Waals surface area contributed by atoms with E-state index < -0.39 is 0 Å². The molecule has 7 heteroatoms. The minimum atomic E-state index is 0.697. The molecule has 2 aromatic carbocycles. The number of piperazine rings is 1. The van der Waals surface area contributed by atoms with E-state index in [1.54, 1.807) is 18.4 Å². The number of hydrogen-bond acceptors (Lipinski definition) is 6. The molecule has 1 saturated heterocycles. The highest BCUT2D eigenvalue weighted by molar-refractivity contribution is 9.09. The summed E-state index contributed by atoms with van der Waals surface area (Å²) in [6.45, 7) is 7.70. The first-order valence-electron chi connectivity index (χ1n) is 11.4. The molecular weight excluding hydrogens is 486 g/mol. The quantitative estimate of drug-likeness (QED) is 0.246. The molecule has 2 heterocycles. The summed E-state index contributed by atoms with van der Waals surface area (Å²) in [7, 11) is 1.70. The van der Waals surface area contributed by atoms with Crippen molar-refractivity contribution < 1.29 is 9.47 Å². The van der Waals surface area contributed by atoms with E-state index in [4.69, 9.17) is 14.5 Å². The molecule has 1 aliphatic rings. The number of unbranched alkanes of at least 4 members (excludes halogenated alkanes) is 1. The number of benzene rings is 2. The molecule has 0 saturated carbocycles.